The largest absolute Gasteiger partial charge is 0.396 e. The summed E-state index contributed by atoms with van der Waals surface area (Å²) in [5.41, 5.74) is 2.53. The van der Waals surface area contributed by atoms with Crippen LogP contribution in [0.1, 0.15) is 17.8 Å². The molecule has 0 spiro atoms. The maximum absolute atomic E-state index is 11.6. The SMILES string of the molecule is Cc1cc(C)n(-c2ccc(NC(=O)NCCCO)cn2)n1. The third-order valence-corrected chi connectivity index (χ3v) is 2.85. The third-order valence-electron chi connectivity index (χ3n) is 2.85. The lowest BCUT2D eigenvalue weighted by molar-refractivity contribution is 0.249. The van der Waals surface area contributed by atoms with Gasteiger partial charge in [-0.3, -0.25) is 0 Å². The molecule has 112 valence electrons. The van der Waals surface area contributed by atoms with Gasteiger partial charge in [0.15, 0.2) is 5.82 Å². The van der Waals surface area contributed by atoms with Gasteiger partial charge < -0.3 is 15.7 Å². The van der Waals surface area contributed by atoms with E-state index in [2.05, 4.69) is 20.7 Å². The normalized spacial score (nSPS) is 10.4. The number of nitrogens with zero attached hydrogens (tertiary/aromatic N) is 3. The number of urea groups is 1. The average molecular weight is 289 g/mol. The molecule has 2 heterocycles. The standard InChI is InChI=1S/C14H19N5O2/c1-10-8-11(2)19(18-10)13-5-4-12(9-16-13)17-14(21)15-6-3-7-20/h4-5,8-9,20H,3,6-7H2,1-2H3,(H2,15,17,21). The molecular formula is C14H19N5O2. The molecule has 0 saturated heterocycles. The molecule has 0 aliphatic carbocycles. The van der Waals surface area contributed by atoms with Crippen LogP contribution in [0.3, 0.4) is 0 Å². The highest BCUT2D eigenvalue weighted by Crippen LogP contribution is 2.12. The Kier molecular flexibility index (Phi) is 4.89. The molecule has 2 aromatic rings. The number of anilines is 1. The highest BCUT2D eigenvalue weighted by atomic mass is 16.3. The Labute approximate surface area is 123 Å². The van der Waals surface area contributed by atoms with Crippen molar-refractivity contribution in [3.63, 3.8) is 0 Å². The quantitative estimate of drug-likeness (QED) is 0.725. The number of nitrogens with one attached hydrogen (secondary N) is 2. The lowest BCUT2D eigenvalue weighted by Gasteiger charge is -2.08. The Morgan fingerprint density at radius 1 is 1.38 bits per heavy atom. The van der Waals surface area contributed by atoms with Crippen LogP contribution in [0, 0.1) is 13.8 Å². The van der Waals surface area contributed by atoms with Crippen molar-refractivity contribution in [2.75, 3.05) is 18.5 Å². The van der Waals surface area contributed by atoms with E-state index in [1.54, 1.807) is 23.0 Å². The fourth-order valence-electron chi connectivity index (χ4n) is 1.90. The van der Waals surface area contributed by atoms with Crippen LogP contribution in [0.15, 0.2) is 24.4 Å². The minimum absolute atomic E-state index is 0.0547. The van der Waals surface area contributed by atoms with Crippen molar-refractivity contribution in [1.82, 2.24) is 20.1 Å². The highest BCUT2D eigenvalue weighted by Gasteiger charge is 2.06. The van der Waals surface area contributed by atoms with Gasteiger partial charge >= 0.3 is 6.03 Å². The number of pyridine rings is 1. The van der Waals surface area contributed by atoms with E-state index in [1.165, 1.54) is 0 Å². The van der Waals surface area contributed by atoms with Crippen LogP contribution in [0.5, 0.6) is 0 Å². The van der Waals surface area contributed by atoms with E-state index in [9.17, 15) is 4.79 Å². The zero-order chi connectivity index (χ0) is 15.2. The summed E-state index contributed by atoms with van der Waals surface area (Å²) in [7, 11) is 0. The zero-order valence-corrected chi connectivity index (χ0v) is 12.1. The van der Waals surface area contributed by atoms with Crippen molar-refractivity contribution in [3.8, 4) is 5.82 Å². The van der Waals surface area contributed by atoms with E-state index >= 15 is 0 Å². The van der Waals surface area contributed by atoms with Gasteiger partial charge in [0.05, 0.1) is 17.6 Å². The number of carbonyl (C=O) groups excluding carboxylic acids is 1. The Bertz CT molecular complexity index is 606. The monoisotopic (exact) mass is 289 g/mol. The molecule has 0 atom stereocenters. The summed E-state index contributed by atoms with van der Waals surface area (Å²) in [6.07, 6.45) is 2.11. The molecule has 2 amide bonds. The molecule has 0 bridgehead atoms. The lowest BCUT2D eigenvalue weighted by Crippen LogP contribution is -2.29. The van der Waals surface area contributed by atoms with Crippen LogP contribution < -0.4 is 10.6 Å². The van der Waals surface area contributed by atoms with E-state index in [0.29, 0.717) is 24.5 Å². The highest BCUT2D eigenvalue weighted by molar-refractivity contribution is 5.88. The topological polar surface area (TPSA) is 92.1 Å². The maximum atomic E-state index is 11.6. The van der Waals surface area contributed by atoms with Crippen molar-refractivity contribution in [1.29, 1.82) is 0 Å². The Morgan fingerprint density at radius 2 is 2.19 bits per heavy atom. The first-order chi connectivity index (χ1) is 10.1. The van der Waals surface area contributed by atoms with Gasteiger partial charge in [-0.2, -0.15) is 5.10 Å². The van der Waals surface area contributed by atoms with E-state index in [-0.39, 0.29) is 12.6 Å². The molecule has 0 saturated carbocycles. The number of aliphatic hydroxyl groups excluding tert-OH is 1. The predicted molar refractivity (Wildman–Crippen MR) is 79.6 cm³/mol. The second kappa shape index (κ2) is 6.85. The predicted octanol–water partition coefficient (Wildman–Crippen LogP) is 1.39. The molecule has 0 fully saturated rings. The molecule has 7 heteroatoms. The number of amides is 2. The van der Waals surface area contributed by atoms with Gasteiger partial charge in [-0.1, -0.05) is 0 Å². The molecule has 0 aliphatic rings. The van der Waals surface area contributed by atoms with Crippen LogP contribution in [-0.2, 0) is 0 Å². The van der Waals surface area contributed by atoms with Gasteiger partial charge in [0, 0.05) is 18.8 Å². The van der Waals surface area contributed by atoms with Crippen LogP contribution in [-0.4, -0.2) is 39.1 Å². The van der Waals surface area contributed by atoms with Gasteiger partial charge in [-0.05, 0) is 38.5 Å². The van der Waals surface area contributed by atoms with Crippen LogP contribution in [0.25, 0.3) is 5.82 Å². The number of aliphatic hydroxyl groups is 1. The number of hydrogen-bond acceptors (Lipinski definition) is 4. The zero-order valence-electron chi connectivity index (χ0n) is 12.1. The lowest BCUT2D eigenvalue weighted by atomic mass is 10.4. The molecule has 2 aromatic heterocycles. The van der Waals surface area contributed by atoms with Crippen molar-refractivity contribution < 1.29 is 9.90 Å². The van der Waals surface area contributed by atoms with Gasteiger partial charge in [0.2, 0.25) is 0 Å². The average Bonchev–Trinajstić information content (AvgIpc) is 2.79. The van der Waals surface area contributed by atoms with Crippen molar-refractivity contribution >= 4 is 11.7 Å². The second-order valence-corrected chi connectivity index (χ2v) is 4.70. The molecule has 21 heavy (non-hydrogen) atoms. The van der Waals surface area contributed by atoms with Gasteiger partial charge in [0.25, 0.3) is 0 Å². The molecule has 0 radical (unpaired) electrons. The Balaban J connectivity index is 1.99. The number of hydrogen-bond donors (Lipinski definition) is 3. The molecule has 0 unspecified atom stereocenters. The smallest absolute Gasteiger partial charge is 0.319 e. The van der Waals surface area contributed by atoms with E-state index in [0.717, 1.165) is 11.4 Å². The fourth-order valence-corrected chi connectivity index (χ4v) is 1.90. The maximum Gasteiger partial charge on any atom is 0.319 e. The molecule has 0 aliphatic heterocycles. The van der Waals surface area contributed by atoms with Crippen LogP contribution >= 0.6 is 0 Å². The van der Waals surface area contributed by atoms with Crippen LogP contribution in [0.4, 0.5) is 10.5 Å². The van der Waals surface area contributed by atoms with Crippen molar-refractivity contribution in [2.24, 2.45) is 0 Å². The first-order valence-electron chi connectivity index (χ1n) is 6.75. The minimum atomic E-state index is -0.316. The summed E-state index contributed by atoms with van der Waals surface area (Å²) in [5.74, 6) is 0.701. The first-order valence-corrected chi connectivity index (χ1v) is 6.75. The minimum Gasteiger partial charge on any atom is -0.396 e. The summed E-state index contributed by atoms with van der Waals surface area (Å²) < 4.78 is 1.75. The number of aromatic nitrogens is 3. The van der Waals surface area contributed by atoms with Gasteiger partial charge in [-0.15, -0.1) is 0 Å². The summed E-state index contributed by atoms with van der Waals surface area (Å²) >= 11 is 0. The fraction of sp³-hybridized carbons (Fsp3) is 0.357. The molecular weight excluding hydrogens is 270 g/mol. The summed E-state index contributed by atoms with van der Waals surface area (Å²) in [5, 5.41) is 18.3. The summed E-state index contributed by atoms with van der Waals surface area (Å²) in [6, 6.07) is 5.22. The Hall–Kier alpha value is -2.41. The molecule has 3 N–H and O–H groups in total. The second-order valence-electron chi connectivity index (χ2n) is 4.70. The van der Waals surface area contributed by atoms with E-state index < -0.39 is 0 Å². The first kappa shape index (κ1) is 15.0. The van der Waals surface area contributed by atoms with Crippen LogP contribution in [0.2, 0.25) is 0 Å². The molecule has 0 aromatic carbocycles. The van der Waals surface area contributed by atoms with Crippen molar-refractivity contribution in [2.45, 2.75) is 20.3 Å². The number of rotatable bonds is 5. The summed E-state index contributed by atoms with van der Waals surface area (Å²) in [4.78, 5) is 15.8. The molecule has 2 rings (SSSR count). The molecule has 7 nitrogen and oxygen atoms in total. The number of aryl methyl sites for hydroxylation is 2. The van der Waals surface area contributed by atoms with Gasteiger partial charge in [-0.25, -0.2) is 14.5 Å². The third kappa shape index (κ3) is 4.03. The van der Waals surface area contributed by atoms with E-state index in [1.807, 2.05) is 19.9 Å². The number of carbonyl (C=O) groups is 1. The Morgan fingerprint density at radius 3 is 2.76 bits per heavy atom. The summed E-state index contributed by atoms with van der Waals surface area (Å²) in [6.45, 7) is 4.37. The van der Waals surface area contributed by atoms with E-state index in [4.69, 9.17) is 5.11 Å². The van der Waals surface area contributed by atoms with Crippen molar-refractivity contribution in [3.05, 3.63) is 35.8 Å². The van der Waals surface area contributed by atoms with Gasteiger partial charge in [0.1, 0.15) is 0 Å².